The summed E-state index contributed by atoms with van der Waals surface area (Å²) in [6, 6.07) is 13.7. The van der Waals surface area contributed by atoms with E-state index in [4.69, 9.17) is 11.6 Å². The molecule has 0 amide bonds. The number of hydrogen-bond donors (Lipinski definition) is 2. The first kappa shape index (κ1) is 25.7. The second-order valence-corrected chi connectivity index (χ2v) is 6.87. The number of anilines is 1. The molecule has 27 heavy (non-hydrogen) atoms. The monoisotopic (exact) mass is 448 g/mol. The highest BCUT2D eigenvalue weighted by Crippen LogP contribution is 2.24. The highest BCUT2D eigenvalue weighted by atomic mass is 35.5. The maximum Gasteiger partial charge on any atom is 0.0737 e. The second kappa shape index (κ2) is 11.5. The van der Waals surface area contributed by atoms with Gasteiger partial charge in [0.2, 0.25) is 0 Å². The van der Waals surface area contributed by atoms with Gasteiger partial charge in [-0.2, -0.15) is 0 Å². The number of rotatable bonds is 6. The Kier molecular flexibility index (Phi) is 11.0. The average molecular weight is 450 g/mol. The number of pyridine rings is 2. The Hall–Kier alpha value is -1.30. The molecule has 0 fully saturated rings. The molecular weight excluding hydrogens is 426 g/mol. The van der Waals surface area contributed by atoms with E-state index in [1.807, 2.05) is 48.7 Å². The second-order valence-electron chi connectivity index (χ2n) is 6.43. The van der Waals surface area contributed by atoms with Crippen LogP contribution in [0.4, 0.5) is 5.69 Å². The topological polar surface area (TPSA) is 49.8 Å². The van der Waals surface area contributed by atoms with Gasteiger partial charge in [0.1, 0.15) is 0 Å². The van der Waals surface area contributed by atoms with Crippen LogP contribution < -0.4 is 10.6 Å². The summed E-state index contributed by atoms with van der Waals surface area (Å²) < 4.78 is 0. The van der Waals surface area contributed by atoms with Gasteiger partial charge < -0.3 is 10.6 Å². The minimum Gasteiger partial charge on any atom is -0.383 e. The number of fused-ring (bicyclic) bond motifs is 1. The lowest BCUT2D eigenvalue weighted by atomic mass is 10.0. The molecule has 0 aliphatic heterocycles. The third-order valence-corrected chi connectivity index (χ3v) is 4.13. The van der Waals surface area contributed by atoms with Gasteiger partial charge in [-0.05, 0) is 50.2 Å². The SMILES string of the molecule is CC(C)(CNc1ccnc2cc(Cl)ccc12)NCc1ccccn1.Cl.Cl.Cl. The molecule has 0 atom stereocenters. The van der Waals surface area contributed by atoms with E-state index in [0.717, 1.165) is 35.4 Å². The molecule has 0 radical (unpaired) electrons. The summed E-state index contributed by atoms with van der Waals surface area (Å²) in [6.07, 6.45) is 3.62. The van der Waals surface area contributed by atoms with E-state index in [1.165, 1.54) is 0 Å². The van der Waals surface area contributed by atoms with E-state index >= 15 is 0 Å². The van der Waals surface area contributed by atoms with Gasteiger partial charge in [-0.25, -0.2) is 0 Å². The largest absolute Gasteiger partial charge is 0.383 e. The van der Waals surface area contributed by atoms with Gasteiger partial charge in [-0.15, -0.1) is 37.2 Å². The first-order valence-corrected chi connectivity index (χ1v) is 8.34. The summed E-state index contributed by atoms with van der Waals surface area (Å²) >= 11 is 6.04. The van der Waals surface area contributed by atoms with E-state index in [9.17, 15) is 0 Å². The number of halogens is 4. The fourth-order valence-electron chi connectivity index (χ4n) is 2.49. The predicted molar refractivity (Wildman–Crippen MR) is 122 cm³/mol. The highest BCUT2D eigenvalue weighted by molar-refractivity contribution is 6.31. The lowest BCUT2D eigenvalue weighted by Crippen LogP contribution is -2.44. The average Bonchev–Trinajstić information content (AvgIpc) is 2.59. The predicted octanol–water partition coefficient (Wildman–Crippen LogP) is 5.53. The number of aromatic nitrogens is 2. The fourth-order valence-corrected chi connectivity index (χ4v) is 2.65. The van der Waals surface area contributed by atoms with Crippen molar-refractivity contribution in [3.63, 3.8) is 0 Å². The Bertz CT molecular complexity index is 828. The highest BCUT2D eigenvalue weighted by Gasteiger charge is 2.17. The van der Waals surface area contributed by atoms with E-state index in [-0.39, 0.29) is 42.8 Å². The Balaban J connectivity index is 0.00000225. The molecule has 0 saturated carbocycles. The van der Waals surface area contributed by atoms with Gasteiger partial charge in [0.25, 0.3) is 0 Å². The summed E-state index contributed by atoms with van der Waals surface area (Å²) in [7, 11) is 0. The molecule has 148 valence electrons. The normalized spacial score (nSPS) is 10.3. The Morgan fingerprint density at radius 1 is 0.963 bits per heavy atom. The van der Waals surface area contributed by atoms with Crippen LogP contribution in [0.3, 0.4) is 0 Å². The van der Waals surface area contributed by atoms with Gasteiger partial charge in [0.15, 0.2) is 0 Å². The van der Waals surface area contributed by atoms with Crippen LogP contribution in [0.25, 0.3) is 10.9 Å². The number of benzene rings is 1. The Morgan fingerprint density at radius 3 is 2.44 bits per heavy atom. The van der Waals surface area contributed by atoms with Crippen LogP contribution in [-0.4, -0.2) is 22.1 Å². The summed E-state index contributed by atoms with van der Waals surface area (Å²) in [4.78, 5) is 8.72. The van der Waals surface area contributed by atoms with Crippen molar-refractivity contribution in [1.82, 2.24) is 15.3 Å². The van der Waals surface area contributed by atoms with Crippen LogP contribution in [0.2, 0.25) is 5.02 Å². The number of hydrogen-bond acceptors (Lipinski definition) is 4. The molecular formula is C19H24Cl4N4. The van der Waals surface area contributed by atoms with Gasteiger partial charge >= 0.3 is 0 Å². The van der Waals surface area contributed by atoms with Crippen molar-refractivity contribution in [3.8, 4) is 0 Å². The van der Waals surface area contributed by atoms with Crippen molar-refractivity contribution in [2.75, 3.05) is 11.9 Å². The maximum atomic E-state index is 6.04. The summed E-state index contributed by atoms with van der Waals surface area (Å²) in [6.45, 7) is 5.86. The zero-order valence-electron chi connectivity index (χ0n) is 15.1. The minimum absolute atomic E-state index is 0. The molecule has 2 N–H and O–H groups in total. The molecule has 2 heterocycles. The van der Waals surface area contributed by atoms with Crippen molar-refractivity contribution in [2.45, 2.75) is 25.9 Å². The molecule has 4 nitrogen and oxygen atoms in total. The zero-order valence-corrected chi connectivity index (χ0v) is 18.3. The lowest BCUT2D eigenvalue weighted by molar-refractivity contribution is 0.404. The van der Waals surface area contributed by atoms with Gasteiger partial charge in [0.05, 0.1) is 11.2 Å². The van der Waals surface area contributed by atoms with E-state index in [2.05, 4.69) is 34.4 Å². The summed E-state index contributed by atoms with van der Waals surface area (Å²) in [5, 5.41) is 8.83. The zero-order chi connectivity index (χ0) is 17.0. The Morgan fingerprint density at radius 2 is 1.74 bits per heavy atom. The molecule has 3 aromatic rings. The van der Waals surface area contributed by atoms with E-state index in [1.54, 1.807) is 6.20 Å². The molecule has 3 rings (SSSR count). The third kappa shape index (κ3) is 7.32. The quantitative estimate of drug-likeness (QED) is 0.519. The van der Waals surface area contributed by atoms with Crippen molar-refractivity contribution in [1.29, 1.82) is 0 Å². The van der Waals surface area contributed by atoms with Crippen LogP contribution in [0.15, 0.2) is 54.9 Å². The van der Waals surface area contributed by atoms with Crippen LogP contribution in [0.1, 0.15) is 19.5 Å². The Labute approximate surface area is 183 Å². The van der Waals surface area contributed by atoms with Crippen LogP contribution in [-0.2, 0) is 6.54 Å². The molecule has 0 unspecified atom stereocenters. The maximum absolute atomic E-state index is 6.04. The molecule has 2 aromatic heterocycles. The van der Waals surface area contributed by atoms with Crippen molar-refractivity contribution >= 4 is 65.4 Å². The molecule has 1 aromatic carbocycles. The van der Waals surface area contributed by atoms with Gasteiger partial charge in [-0.1, -0.05) is 17.7 Å². The smallest absolute Gasteiger partial charge is 0.0737 e. The molecule has 0 bridgehead atoms. The lowest BCUT2D eigenvalue weighted by Gasteiger charge is -2.27. The molecule has 0 spiro atoms. The van der Waals surface area contributed by atoms with Gasteiger partial charge in [0, 0.05) is 47.1 Å². The number of nitrogens with one attached hydrogen (secondary N) is 2. The van der Waals surface area contributed by atoms with Crippen molar-refractivity contribution < 1.29 is 0 Å². The first-order valence-electron chi connectivity index (χ1n) is 7.97. The van der Waals surface area contributed by atoms with Crippen LogP contribution >= 0.6 is 48.8 Å². The molecule has 0 aliphatic rings. The minimum atomic E-state index is -0.0838. The molecule has 0 saturated heterocycles. The number of nitrogens with zero attached hydrogens (tertiary/aromatic N) is 2. The van der Waals surface area contributed by atoms with Crippen LogP contribution in [0, 0.1) is 0 Å². The summed E-state index contributed by atoms with van der Waals surface area (Å²) in [5.41, 5.74) is 2.91. The van der Waals surface area contributed by atoms with E-state index < -0.39 is 0 Å². The van der Waals surface area contributed by atoms with Crippen LogP contribution in [0.5, 0.6) is 0 Å². The van der Waals surface area contributed by atoms with Crippen molar-refractivity contribution in [3.05, 3.63) is 65.6 Å². The molecule has 0 aliphatic carbocycles. The van der Waals surface area contributed by atoms with Crippen molar-refractivity contribution in [2.24, 2.45) is 0 Å². The first-order chi connectivity index (χ1) is 11.5. The standard InChI is InChI=1S/C19H21ClN4.3ClH/c1-19(2,24-12-15-5-3-4-9-21-15)13-23-17-8-10-22-18-11-14(20)6-7-16(17)18;;;/h3-11,24H,12-13H2,1-2H3,(H,22,23);3*1H. The molecule has 8 heteroatoms. The van der Waals surface area contributed by atoms with Gasteiger partial charge in [-0.3, -0.25) is 9.97 Å². The fraction of sp³-hybridized carbons (Fsp3) is 0.263. The summed E-state index contributed by atoms with van der Waals surface area (Å²) in [5.74, 6) is 0. The van der Waals surface area contributed by atoms with E-state index in [0.29, 0.717) is 5.02 Å². The third-order valence-electron chi connectivity index (χ3n) is 3.90.